The van der Waals surface area contributed by atoms with Gasteiger partial charge in [0.1, 0.15) is 5.60 Å². The van der Waals surface area contributed by atoms with Gasteiger partial charge in [-0.25, -0.2) is 0 Å². The summed E-state index contributed by atoms with van der Waals surface area (Å²) in [6.07, 6.45) is 0. The number of benzene rings is 1. The Bertz CT molecular complexity index is 288. The summed E-state index contributed by atoms with van der Waals surface area (Å²) >= 11 is 0. The maximum atomic E-state index is 9.70. The van der Waals surface area contributed by atoms with E-state index in [-0.39, 0.29) is 6.61 Å². The maximum absolute atomic E-state index is 9.70. The Morgan fingerprint density at radius 2 is 1.92 bits per heavy atom. The molecule has 2 N–H and O–H groups in total. The van der Waals surface area contributed by atoms with Crippen LogP contribution in [0, 0.1) is 0 Å². The third-order valence-electron chi connectivity index (χ3n) is 2.08. The van der Waals surface area contributed by atoms with Gasteiger partial charge in [0, 0.05) is 0 Å². The van der Waals surface area contributed by atoms with Gasteiger partial charge in [-0.2, -0.15) is 0 Å². The number of rotatable bonds is 3. The van der Waals surface area contributed by atoms with Crippen LogP contribution in [0.5, 0.6) is 0 Å². The van der Waals surface area contributed by atoms with E-state index < -0.39 is 5.60 Å². The molecule has 0 aliphatic carbocycles. The molecule has 13 heavy (non-hydrogen) atoms. The third-order valence-corrected chi connectivity index (χ3v) is 2.08. The van der Waals surface area contributed by atoms with Gasteiger partial charge in [0.05, 0.1) is 6.61 Å². The molecule has 1 aromatic carbocycles. The van der Waals surface area contributed by atoms with E-state index in [1.54, 1.807) is 6.92 Å². The van der Waals surface area contributed by atoms with Gasteiger partial charge in [0.15, 0.2) is 0 Å². The van der Waals surface area contributed by atoms with E-state index in [1.165, 1.54) is 0 Å². The van der Waals surface area contributed by atoms with Crippen molar-refractivity contribution in [2.45, 2.75) is 12.5 Å². The summed E-state index contributed by atoms with van der Waals surface area (Å²) in [6, 6.07) is 9.34. The Kier molecular flexibility index (Phi) is 2.86. The largest absolute Gasteiger partial charge is 0.393 e. The predicted octanol–water partition coefficient (Wildman–Crippen LogP) is 1.44. The molecule has 1 rings (SSSR count). The molecule has 0 spiro atoms. The molecule has 0 aliphatic heterocycles. The first kappa shape index (κ1) is 9.96. The zero-order chi connectivity index (χ0) is 9.90. The van der Waals surface area contributed by atoms with Gasteiger partial charge in [-0.3, -0.25) is 0 Å². The highest BCUT2D eigenvalue weighted by atomic mass is 16.3. The summed E-state index contributed by atoms with van der Waals surface area (Å²) < 4.78 is 0. The van der Waals surface area contributed by atoms with Crippen LogP contribution in [0.4, 0.5) is 0 Å². The fraction of sp³-hybridized carbons (Fsp3) is 0.273. The van der Waals surface area contributed by atoms with Crippen LogP contribution in [0.25, 0.3) is 5.57 Å². The molecule has 0 saturated carbocycles. The molecule has 1 unspecified atom stereocenters. The highest BCUT2D eigenvalue weighted by molar-refractivity contribution is 5.69. The smallest absolute Gasteiger partial charge is 0.110 e. The van der Waals surface area contributed by atoms with Crippen LogP contribution >= 0.6 is 0 Å². The molecule has 0 radical (unpaired) electrons. The summed E-state index contributed by atoms with van der Waals surface area (Å²) in [5.74, 6) is 0. The van der Waals surface area contributed by atoms with Crippen LogP contribution < -0.4 is 0 Å². The molecule has 1 aromatic rings. The maximum Gasteiger partial charge on any atom is 0.110 e. The lowest BCUT2D eigenvalue weighted by Crippen LogP contribution is -2.29. The summed E-state index contributed by atoms with van der Waals surface area (Å²) in [5, 5.41) is 18.6. The van der Waals surface area contributed by atoms with E-state index in [2.05, 4.69) is 6.58 Å². The van der Waals surface area contributed by atoms with Gasteiger partial charge in [-0.05, 0) is 18.1 Å². The third kappa shape index (κ3) is 2.17. The first-order valence-corrected chi connectivity index (χ1v) is 4.16. The normalized spacial score (nSPS) is 15.0. The van der Waals surface area contributed by atoms with Crippen molar-refractivity contribution in [3.8, 4) is 0 Å². The SMILES string of the molecule is C=C(c1ccccc1)C(C)(O)CO. The molecular formula is C11H14O2. The first-order valence-electron chi connectivity index (χ1n) is 4.16. The van der Waals surface area contributed by atoms with Crippen LogP contribution in [-0.4, -0.2) is 22.4 Å². The minimum absolute atomic E-state index is 0.319. The monoisotopic (exact) mass is 178 g/mol. The second-order valence-corrected chi connectivity index (χ2v) is 3.28. The number of aliphatic hydroxyl groups is 2. The van der Waals surface area contributed by atoms with Crippen LogP contribution in [0.15, 0.2) is 36.9 Å². The van der Waals surface area contributed by atoms with Crippen molar-refractivity contribution >= 4 is 5.57 Å². The molecule has 0 amide bonds. The summed E-state index contributed by atoms with van der Waals surface area (Å²) in [4.78, 5) is 0. The highest BCUT2D eigenvalue weighted by Crippen LogP contribution is 2.24. The van der Waals surface area contributed by atoms with Gasteiger partial charge in [-0.15, -0.1) is 0 Å². The Morgan fingerprint density at radius 3 is 2.38 bits per heavy atom. The van der Waals surface area contributed by atoms with E-state index in [9.17, 15) is 5.11 Å². The van der Waals surface area contributed by atoms with Crippen molar-refractivity contribution in [1.29, 1.82) is 0 Å². The molecule has 70 valence electrons. The average molecular weight is 178 g/mol. The Labute approximate surface area is 78.2 Å². The van der Waals surface area contributed by atoms with Crippen LogP contribution in [0.3, 0.4) is 0 Å². The Balaban J connectivity index is 2.93. The fourth-order valence-electron chi connectivity index (χ4n) is 1.05. The van der Waals surface area contributed by atoms with Crippen molar-refractivity contribution in [2.75, 3.05) is 6.61 Å². The van der Waals surface area contributed by atoms with Crippen LogP contribution in [0.1, 0.15) is 12.5 Å². The summed E-state index contributed by atoms with van der Waals surface area (Å²) in [5.41, 5.74) is 0.151. The van der Waals surface area contributed by atoms with E-state index in [0.29, 0.717) is 5.57 Å². The average Bonchev–Trinajstić information content (AvgIpc) is 2.18. The molecule has 0 fully saturated rings. The lowest BCUT2D eigenvalue weighted by molar-refractivity contribution is 0.0525. The summed E-state index contributed by atoms with van der Waals surface area (Å²) in [7, 11) is 0. The molecule has 0 bridgehead atoms. The van der Waals surface area contributed by atoms with Crippen molar-refractivity contribution in [2.24, 2.45) is 0 Å². The molecular weight excluding hydrogens is 164 g/mol. The molecule has 0 aliphatic rings. The Hall–Kier alpha value is -1.12. The van der Waals surface area contributed by atoms with Crippen molar-refractivity contribution < 1.29 is 10.2 Å². The molecule has 0 saturated heterocycles. The van der Waals surface area contributed by atoms with Gasteiger partial charge in [0.25, 0.3) is 0 Å². The minimum Gasteiger partial charge on any atom is -0.393 e. The zero-order valence-electron chi connectivity index (χ0n) is 7.70. The zero-order valence-corrected chi connectivity index (χ0v) is 7.70. The standard InChI is InChI=1S/C11H14O2/c1-9(11(2,13)8-12)10-6-4-3-5-7-10/h3-7,12-13H,1,8H2,2H3. The number of hydrogen-bond donors (Lipinski definition) is 2. The second kappa shape index (κ2) is 3.73. The van der Waals surface area contributed by atoms with Crippen LogP contribution in [-0.2, 0) is 0 Å². The lowest BCUT2D eigenvalue weighted by atomic mass is 9.92. The van der Waals surface area contributed by atoms with Crippen molar-refractivity contribution in [1.82, 2.24) is 0 Å². The van der Waals surface area contributed by atoms with Gasteiger partial charge in [0.2, 0.25) is 0 Å². The predicted molar refractivity (Wildman–Crippen MR) is 53.2 cm³/mol. The van der Waals surface area contributed by atoms with Crippen LogP contribution in [0.2, 0.25) is 0 Å². The molecule has 0 heterocycles. The molecule has 1 atom stereocenters. The van der Waals surface area contributed by atoms with Gasteiger partial charge in [-0.1, -0.05) is 36.9 Å². The first-order chi connectivity index (χ1) is 6.08. The van der Waals surface area contributed by atoms with E-state index in [1.807, 2.05) is 30.3 Å². The topological polar surface area (TPSA) is 40.5 Å². The van der Waals surface area contributed by atoms with E-state index >= 15 is 0 Å². The molecule has 2 nitrogen and oxygen atoms in total. The lowest BCUT2D eigenvalue weighted by Gasteiger charge is -2.23. The fourth-order valence-corrected chi connectivity index (χ4v) is 1.05. The van der Waals surface area contributed by atoms with Gasteiger partial charge >= 0.3 is 0 Å². The quantitative estimate of drug-likeness (QED) is 0.735. The van der Waals surface area contributed by atoms with E-state index in [0.717, 1.165) is 5.56 Å². The van der Waals surface area contributed by atoms with E-state index in [4.69, 9.17) is 5.11 Å². The number of aliphatic hydroxyl groups excluding tert-OH is 1. The van der Waals surface area contributed by atoms with Crippen molar-refractivity contribution in [3.63, 3.8) is 0 Å². The second-order valence-electron chi connectivity index (χ2n) is 3.28. The Morgan fingerprint density at radius 1 is 1.38 bits per heavy atom. The van der Waals surface area contributed by atoms with Crippen molar-refractivity contribution in [3.05, 3.63) is 42.5 Å². The molecule has 0 aromatic heterocycles. The number of hydrogen-bond acceptors (Lipinski definition) is 2. The minimum atomic E-state index is -1.23. The summed E-state index contributed by atoms with van der Waals surface area (Å²) in [6.45, 7) is 4.98. The highest BCUT2D eigenvalue weighted by Gasteiger charge is 2.23. The van der Waals surface area contributed by atoms with Gasteiger partial charge < -0.3 is 10.2 Å². The molecule has 2 heteroatoms.